The van der Waals surface area contributed by atoms with Crippen LogP contribution in [-0.2, 0) is 14.4 Å². The van der Waals surface area contributed by atoms with E-state index in [4.69, 9.17) is 4.74 Å². The van der Waals surface area contributed by atoms with Gasteiger partial charge in [0.1, 0.15) is 18.3 Å². The van der Waals surface area contributed by atoms with Crippen molar-refractivity contribution in [2.75, 3.05) is 11.4 Å². The Bertz CT molecular complexity index is 775. The van der Waals surface area contributed by atoms with E-state index < -0.39 is 29.9 Å². The summed E-state index contributed by atoms with van der Waals surface area (Å²) in [5.41, 5.74) is 0.699. The van der Waals surface area contributed by atoms with Crippen molar-refractivity contribution in [3.63, 3.8) is 0 Å². The van der Waals surface area contributed by atoms with Gasteiger partial charge in [-0.15, -0.1) is 0 Å². The molecular formula is C19H24N2O6. The van der Waals surface area contributed by atoms with Crippen LogP contribution in [0.2, 0.25) is 0 Å². The molecule has 0 aliphatic carbocycles. The number of ketones is 1. The van der Waals surface area contributed by atoms with Gasteiger partial charge in [0.2, 0.25) is 5.91 Å². The number of fused-ring (bicyclic) bond motifs is 1. The molecule has 2 amide bonds. The minimum absolute atomic E-state index is 0.184. The van der Waals surface area contributed by atoms with Crippen molar-refractivity contribution in [2.45, 2.75) is 46.3 Å². The van der Waals surface area contributed by atoms with Crippen LogP contribution >= 0.6 is 0 Å². The fourth-order valence-electron chi connectivity index (χ4n) is 2.83. The van der Waals surface area contributed by atoms with Crippen molar-refractivity contribution in [1.82, 2.24) is 5.32 Å². The van der Waals surface area contributed by atoms with Crippen molar-refractivity contribution in [1.29, 1.82) is 0 Å². The van der Waals surface area contributed by atoms with Gasteiger partial charge in [-0.25, -0.2) is 4.79 Å². The van der Waals surface area contributed by atoms with Crippen LogP contribution in [-0.4, -0.2) is 47.4 Å². The van der Waals surface area contributed by atoms with Crippen LogP contribution in [0.1, 0.15) is 44.5 Å². The molecular weight excluding hydrogens is 352 g/mol. The number of Topliss-reactive ketones (excluding diaryl/α,β-unsaturated/α-hetero) is 1. The molecule has 0 aromatic heterocycles. The summed E-state index contributed by atoms with van der Waals surface area (Å²) in [7, 11) is 0. The number of benzene rings is 1. The highest BCUT2D eigenvalue weighted by Crippen LogP contribution is 2.35. The van der Waals surface area contributed by atoms with E-state index in [1.54, 1.807) is 26.0 Å². The summed E-state index contributed by atoms with van der Waals surface area (Å²) in [6, 6.07) is 3.63. The largest absolute Gasteiger partial charge is 0.480 e. The third-order valence-corrected chi connectivity index (χ3v) is 4.67. The number of ether oxygens (including phenoxy) is 1. The van der Waals surface area contributed by atoms with Gasteiger partial charge in [-0.3, -0.25) is 19.3 Å². The smallest absolute Gasteiger partial charge is 0.326 e. The number of anilines is 1. The Morgan fingerprint density at radius 3 is 2.56 bits per heavy atom. The van der Waals surface area contributed by atoms with Gasteiger partial charge in [0.25, 0.3) is 5.91 Å². The van der Waals surface area contributed by atoms with E-state index in [0.29, 0.717) is 23.4 Å². The van der Waals surface area contributed by atoms with Crippen LogP contribution in [0, 0.1) is 5.92 Å². The number of aliphatic carboxylic acids is 1. The zero-order valence-corrected chi connectivity index (χ0v) is 15.8. The lowest BCUT2D eigenvalue weighted by atomic mass is 9.99. The lowest BCUT2D eigenvalue weighted by molar-refractivity contribution is -0.143. The number of nitrogens with one attached hydrogen (secondary N) is 1. The second-order valence-corrected chi connectivity index (χ2v) is 6.69. The van der Waals surface area contributed by atoms with E-state index in [2.05, 4.69) is 5.32 Å². The second kappa shape index (κ2) is 8.20. The fraction of sp³-hybridized carbons (Fsp3) is 0.474. The topological polar surface area (TPSA) is 113 Å². The number of carboxylic acid groups (broad SMARTS) is 1. The molecule has 0 spiro atoms. The SMILES string of the molecule is CCC(C)C(NC(=O)CN1C(=O)C(C)Oc2ccc(C(C)=O)cc21)C(=O)O. The van der Waals surface area contributed by atoms with E-state index in [9.17, 15) is 24.3 Å². The second-order valence-electron chi connectivity index (χ2n) is 6.69. The normalized spacial score (nSPS) is 18.1. The Kier molecular flexibility index (Phi) is 6.20. The number of rotatable bonds is 7. The highest BCUT2D eigenvalue weighted by molar-refractivity contribution is 6.05. The van der Waals surface area contributed by atoms with Gasteiger partial charge in [0.15, 0.2) is 11.9 Å². The van der Waals surface area contributed by atoms with Gasteiger partial charge >= 0.3 is 5.97 Å². The Labute approximate surface area is 157 Å². The summed E-state index contributed by atoms with van der Waals surface area (Å²) in [5, 5.41) is 11.8. The highest BCUT2D eigenvalue weighted by atomic mass is 16.5. The number of amides is 2. The van der Waals surface area contributed by atoms with E-state index in [-0.39, 0.29) is 18.2 Å². The average Bonchev–Trinajstić information content (AvgIpc) is 2.62. The minimum Gasteiger partial charge on any atom is -0.480 e. The summed E-state index contributed by atoms with van der Waals surface area (Å²) in [5.74, 6) is -2.22. The van der Waals surface area contributed by atoms with E-state index in [1.807, 2.05) is 6.92 Å². The number of carboxylic acids is 1. The van der Waals surface area contributed by atoms with Crippen LogP contribution in [0.4, 0.5) is 5.69 Å². The van der Waals surface area contributed by atoms with E-state index in [1.165, 1.54) is 17.9 Å². The summed E-state index contributed by atoms with van der Waals surface area (Å²) >= 11 is 0. The first-order chi connectivity index (χ1) is 12.6. The Hall–Kier alpha value is -2.90. The number of hydrogen-bond acceptors (Lipinski definition) is 5. The number of carbonyl (C=O) groups excluding carboxylic acids is 3. The standard InChI is InChI=1S/C19H24N2O6/c1-5-10(2)17(19(25)26)20-16(23)9-21-14-8-13(11(3)22)6-7-15(14)27-12(4)18(21)24/h6-8,10,12,17H,5,9H2,1-4H3,(H,20,23)(H,25,26). The predicted octanol–water partition coefficient (Wildman–Crippen LogP) is 1.62. The highest BCUT2D eigenvalue weighted by Gasteiger charge is 2.34. The molecule has 2 N–H and O–H groups in total. The molecule has 0 fully saturated rings. The van der Waals surface area contributed by atoms with E-state index >= 15 is 0 Å². The molecule has 1 aromatic carbocycles. The summed E-state index contributed by atoms with van der Waals surface area (Å²) in [6.45, 7) is 6.17. The molecule has 0 saturated heterocycles. The maximum Gasteiger partial charge on any atom is 0.326 e. The van der Waals surface area contributed by atoms with Crippen molar-refractivity contribution < 1.29 is 29.0 Å². The minimum atomic E-state index is -1.13. The van der Waals surface area contributed by atoms with Gasteiger partial charge in [-0.2, -0.15) is 0 Å². The number of carbonyl (C=O) groups is 4. The van der Waals surface area contributed by atoms with Crippen molar-refractivity contribution in [3.8, 4) is 5.75 Å². The third kappa shape index (κ3) is 4.45. The summed E-state index contributed by atoms with van der Waals surface area (Å²) in [4.78, 5) is 49.3. The first-order valence-electron chi connectivity index (χ1n) is 8.80. The van der Waals surface area contributed by atoms with Crippen LogP contribution in [0.15, 0.2) is 18.2 Å². The zero-order chi connectivity index (χ0) is 20.3. The Balaban J connectivity index is 2.28. The van der Waals surface area contributed by atoms with Gasteiger partial charge in [-0.05, 0) is 38.0 Å². The number of hydrogen-bond donors (Lipinski definition) is 2. The van der Waals surface area contributed by atoms with Crippen molar-refractivity contribution in [3.05, 3.63) is 23.8 Å². The van der Waals surface area contributed by atoms with Gasteiger partial charge in [0, 0.05) is 5.56 Å². The average molecular weight is 376 g/mol. The molecule has 1 aliphatic rings. The molecule has 0 radical (unpaired) electrons. The maximum atomic E-state index is 12.5. The molecule has 0 bridgehead atoms. The molecule has 8 heteroatoms. The lowest BCUT2D eigenvalue weighted by Gasteiger charge is -2.33. The monoisotopic (exact) mass is 376 g/mol. The quantitative estimate of drug-likeness (QED) is 0.699. The van der Waals surface area contributed by atoms with E-state index in [0.717, 1.165) is 0 Å². The lowest BCUT2D eigenvalue weighted by Crippen LogP contribution is -2.52. The molecule has 146 valence electrons. The molecule has 1 aliphatic heterocycles. The van der Waals surface area contributed by atoms with Gasteiger partial charge < -0.3 is 15.2 Å². The predicted molar refractivity (Wildman–Crippen MR) is 97.9 cm³/mol. The first kappa shape index (κ1) is 20.4. The summed E-state index contributed by atoms with van der Waals surface area (Å²) < 4.78 is 5.54. The third-order valence-electron chi connectivity index (χ3n) is 4.67. The molecule has 27 heavy (non-hydrogen) atoms. The molecule has 3 atom stereocenters. The van der Waals surface area contributed by atoms with Crippen LogP contribution in [0.3, 0.4) is 0 Å². The van der Waals surface area contributed by atoms with Crippen LogP contribution in [0.25, 0.3) is 0 Å². The maximum absolute atomic E-state index is 12.5. The Morgan fingerprint density at radius 2 is 2.00 bits per heavy atom. The van der Waals surface area contributed by atoms with Crippen LogP contribution < -0.4 is 15.0 Å². The van der Waals surface area contributed by atoms with Gasteiger partial charge in [-0.1, -0.05) is 20.3 Å². The molecule has 0 saturated carbocycles. The van der Waals surface area contributed by atoms with Gasteiger partial charge in [0.05, 0.1) is 5.69 Å². The molecule has 1 aromatic rings. The molecule has 2 rings (SSSR count). The molecule has 1 heterocycles. The molecule has 8 nitrogen and oxygen atoms in total. The zero-order valence-electron chi connectivity index (χ0n) is 15.8. The number of nitrogens with zero attached hydrogens (tertiary/aromatic N) is 1. The summed E-state index contributed by atoms with van der Waals surface area (Å²) in [6.07, 6.45) is -0.214. The van der Waals surface area contributed by atoms with Crippen LogP contribution in [0.5, 0.6) is 5.75 Å². The Morgan fingerprint density at radius 1 is 1.33 bits per heavy atom. The fourth-order valence-corrected chi connectivity index (χ4v) is 2.83. The van der Waals surface area contributed by atoms with Crippen molar-refractivity contribution in [2.24, 2.45) is 5.92 Å². The molecule has 3 unspecified atom stereocenters. The first-order valence-corrected chi connectivity index (χ1v) is 8.80. The van der Waals surface area contributed by atoms with Crippen molar-refractivity contribution >= 4 is 29.3 Å².